The third-order valence-corrected chi connectivity index (χ3v) is 4.09. The van der Waals surface area contributed by atoms with Crippen molar-refractivity contribution in [3.05, 3.63) is 73.1 Å². The summed E-state index contributed by atoms with van der Waals surface area (Å²) in [6.45, 7) is 4.01. The molecule has 26 heavy (non-hydrogen) atoms. The molecule has 0 N–H and O–H groups in total. The van der Waals surface area contributed by atoms with Crippen molar-refractivity contribution in [3.8, 4) is 28.1 Å². The maximum Gasteiger partial charge on any atom is 0.213 e. The lowest BCUT2D eigenvalue weighted by Gasteiger charge is -2.10. The standard InChI is InChI=1S/C21H18FN3O/c1-14(2)26-18-5-3-15(4-6-18)16-8-10-25-19(13-24-21(25)12-16)17-7-9-23-20(22)11-17/h3-14H,1-2H3. The highest BCUT2D eigenvalue weighted by Gasteiger charge is 2.09. The van der Waals surface area contributed by atoms with Gasteiger partial charge < -0.3 is 4.74 Å². The fraction of sp³-hybridized carbons (Fsp3) is 0.143. The molecule has 3 heterocycles. The van der Waals surface area contributed by atoms with E-state index in [1.165, 1.54) is 12.3 Å². The quantitative estimate of drug-likeness (QED) is 0.488. The molecular formula is C21H18FN3O. The van der Waals surface area contributed by atoms with Crippen LogP contribution in [-0.4, -0.2) is 20.5 Å². The van der Waals surface area contributed by atoms with Crippen LogP contribution >= 0.6 is 0 Å². The smallest absolute Gasteiger partial charge is 0.213 e. The molecular weight excluding hydrogens is 329 g/mol. The zero-order valence-corrected chi connectivity index (χ0v) is 14.6. The molecule has 0 bridgehead atoms. The van der Waals surface area contributed by atoms with Crippen LogP contribution < -0.4 is 4.74 Å². The Labute approximate surface area is 150 Å². The van der Waals surface area contributed by atoms with Crippen molar-refractivity contribution in [1.29, 1.82) is 0 Å². The van der Waals surface area contributed by atoms with Gasteiger partial charge in [0.05, 0.1) is 18.0 Å². The van der Waals surface area contributed by atoms with Gasteiger partial charge in [-0.25, -0.2) is 9.97 Å². The number of aromatic nitrogens is 3. The highest BCUT2D eigenvalue weighted by atomic mass is 19.1. The van der Waals surface area contributed by atoms with Crippen molar-refractivity contribution in [2.45, 2.75) is 20.0 Å². The maximum absolute atomic E-state index is 13.4. The largest absolute Gasteiger partial charge is 0.491 e. The van der Waals surface area contributed by atoms with Gasteiger partial charge in [0.15, 0.2) is 0 Å². The zero-order valence-electron chi connectivity index (χ0n) is 14.6. The number of fused-ring (bicyclic) bond motifs is 1. The van der Waals surface area contributed by atoms with E-state index in [1.807, 2.05) is 60.8 Å². The molecule has 0 fully saturated rings. The summed E-state index contributed by atoms with van der Waals surface area (Å²) in [5.74, 6) is 0.352. The van der Waals surface area contributed by atoms with Crippen molar-refractivity contribution >= 4 is 5.65 Å². The average molecular weight is 347 g/mol. The van der Waals surface area contributed by atoms with Crippen molar-refractivity contribution in [3.63, 3.8) is 0 Å². The molecule has 4 nitrogen and oxygen atoms in total. The summed E-state index contributed by atoms with van der Waals surface area (Å²) in [6.07, 6.45) is 5.30. The first-order valence-corrected chi connectivity index (χ1v) is 8.46. The van der Waals surface area contributed by atoms with E-state index in [1.54, 1.807) is 12.3 Å². The van der Waals surface area contributed by atoms with E-state index in [0.717, 1.165) is 33.8 Å². The van der Waals surface area contributed by atoms with Gasteiger partial charge in [-0.15, -0.1) is 0 Å². The van der Waals surface area contributed by atoms with Crippen LogP contribution in [0.5, 0.6) is 5.75 Å². The molecule has 0 aliphatic rings. The highest BCUT2D eigenvalue weighted by Crippen LogP contribution is 2.26. The lowest BCUT2D eigenvalue weighted by atomic mass is 10.1. The van der Waals surface area contributed by atoms with E-state index in [0.29, 0.717) is 0 Å². The van der Waals surface area contributed by atoms with E-state index >= 15 is 0 Å². The molecule has 0 saturated heterocycles. The van der Waals surface area contributed by atoms with Gasteiger partial charge in [-0.2, -0.15) is 4.39 Å². The van der Waals surface area contributed by atoms with Gasteiger partial charge in [0.1, 0.15) is 11.4 Å². The minimum Gasteiger partial charge on any atom is -0.491 e. The number of hydrogen-bond acceptors (Lipinski definition) is 3. The fourth-order valence-electron chi connectivity index (χ4n) is 2.93. The number of pyridine rings is 2. The second-order valence-corrected chi connectivity index (χ2v) is 6.35. The number of nitrogens with zero attached hydrogens (tertiary/aromatic N) is 3. The second-order valence-electron chi connectivity index (χ2n) is 6.35. The van der Waals surface area contributed by atoms with Crippen LogP contribution in [0.2, 0.25) is 0 Å². The third-order valence-electron chi connectivity index (χ3n) is 4.09. The Bertz CT molecular complexity index is 1050. The zero-order chi connectivity index (χ0) is 18.1. The topological polar surface area (TPSA) is 39.4 Å². The second kappa shape index (κ2) is 6.59. The molecule has 0 spiro atoms. The number of hydrogen-bond donors (Lipinski definition) is 0. The summed E-state index contributed by atoms with van der Waals surface area (Å²) in [7, 11) is 0. The molecule has 0 aliphatic carbocycles. The summed E-state index contributed by atoms with van der Waals surface area (Å²) < 4.78 is 21.0. The Morgan fingerprint density at radius 2 is 1.73 bits per heavy atom. The lowest BCUT2D eigenvalue weighted by molar-refractivity contribution is 0.242. The summed E-state index contributed by atoms with van der Waals surface area (Å²) >= 11 is 0. The predicted octanol–water partition coefficient (Wildman–Crippen LogP) is 4.99. The number of halogens is 1. The van der Waals surface area contributed by atoms with Crippen LogP contribution in [0.25, 0.3) is 28.0 Å². The molecule has 5 heteroatoms. The third kappa shape index (κ3) is 3.16. The first-order chi connectivity index (χ1) is 12.6. The van der Waals surface area contributed by atoms with Crippen LogP contribution in [0.15, 0.2) is 67.1 Å². The molecule has 4 rings (SSSR count). The van der Waals surface area contributed by atoms with Crippen LogP contribution in [0.1, 0.15) is 13.8 Å². The molecule has 0 aliphatic heterocycles. The van der Waals surface area contributed by atoms with E-state index in [-0.39, 0.29) is 6.10 Å². The number of ether oxygens (including phenoxy) is 1. The van der Waals surface area contributed by atoms with E-state index in [2.05, 4.69) is 9.97 Å². The van der Waals surface area contributed by atoms with Crippen LogP contribution in [0, 0.1) is 5.95 Å². The number of benzene rings is 1. The number of imidazole rings is 1. The Balaban J connectivity index is 1.69. The number of rotatable bonds is 4. The summed E-state index contributed by atoms with van der Waals surface area (Å²) in [6, 6.07) is 15.2. The molecule has 130 valence electrons. The molecule has 4 aromatic rings. The van der Waals surface area contributed by atoms with Crippen molar-refractivity contribution < 1.29 is 9.13 Å². The van der Waals surface area contributed by atoms with Gasteiger partial charge in [0, 0.05) is 24.0 Å². The molecule has 0 amide bonds. The van der Waals surface area contributed by atoms with Crippen molar-refractivity contribution in [1.82, 2.24) is 14.4 Å². The lowest BCUT2D eigenvalue weighted by Crippen LogP contribution is -2.05. The highest BCUT2D eigenvalue weighted by molar-refractivity contribution is 5.71. The van der Waals surface area contributed by atoms with Crippen LogP contribution in [-0.2, 0) is 0 Å². The molecule has 3 aromatic heterocycles. The molecule has 0 unspecified atom stereocenters. The Morgan fingerprint density at radius 3 is 2.46 bits per heavy atom. The summed E-state index contributed by atoms with van der Waals surface area (Å²) in [5.41, 5.74) is 4.52. The Morgan fingerprint density at radius 1 is 0.923 bits per heavy atom. The summed E-state index contributed by atoms with van der Waals surface area (Å²) in [5, 5.41) is 0. The van der Waals surface area contributed by atoms with Crippen molar-refractivity contribution in [2.75, 3.05) is 0 Å². The van der Waals surface area contributed by atoms with E-state index in [4.69, 9.17) is 4.74 Å². The predicted molar refractivity (Wildman–Crippen MR) is 99.6 cm³/mol. The summed E-state index contributed by atoms with van der Waals surface area (Å²) in [4.78, 5) is 8.07. The minimum absolute atomic E-state index is 0.151. The van der Waals surface area contributed by atoms with E-state index < -0.39 is 5.95 Å². The molecule has 0 radical (unpaired) electrons. The first kappa shape index (κ1) is 16.3. The van der Waals surface area contributed by atoms with Crippen LogP contribution in [0.4, 0.5) is 4.39 Å². The van der Waals surface area contributed by atoms with Crippen molar-refractivity contribution in [2.24, 2.45) is 0 Å². The Kier molecular flexibility index (Phi) is 4.13. The van der Waals surface area contributed by atoms with Gasteiger partial charge >= 0.3 is 0 Å². The monoisotopic (exact) mass is 347 g/mol. The van der Waals surface area contributed by atoms with Gasteiger partial charge in [-0.1, -0.05) is 12.1 Å². The normalized spacial score (nSPS) is 11.2. The fourth-order valence-corrected chi connectivity index (χ4v) is 2.93. The SMILES string of the molecule is CC(C)Oc1ccc(-c2ccn3c(-c4ccnc(F)c4)cnc3c2)cc1. The molecule has 1 aromatic carbocycles. The Hall–Kier alpha value is -3.21. The maximum atomic E-state index is 13.4. The molecule has 0 atom stereocenters. The van der Waals surface area contributed by atoms with Gasteiger partial charge in [-0.05, 0) is 55.3 Å². The first-order valence-electron chi connectivity index (χ1n) is 8.46. The van der Waals surface area contributed by atoms with E-state index in [9.17, 15) is 4.39 Å². The average Bonchev–Trinajstić information content (AvgIpc) is 3.05. The van der Waals surface area contributed by atoms with Gasteiger partial charge in [-0.3, -0.25) is 4.40 Å². The van der Waals surface area contributed by atoms with Gasteiger partial charge in [0.25, 0.3) is 0 Å². The van der Waals surface area contributed by atoms with Crippen LogP contribution in [0.3, 0.4) is 0 Å². The minimum atomic E-state index is -0.502. The molecule has 0 saturated carbocycles. The van der Waals surface area contributed by atoms with Gasteiger partial charge in [0.2, 0.25) is 5.95 Å².